The number of alkyl halides is 3. The molecule has 1 fully saturated rings. The van der Waals surface area contributed by atoms with Crippen LogP contribution >= 0.6 is 11.6 Å². The molecule has 25 heavy (non-hydrogen) atoms. The van der Waals surface area contributed by atoms with Gasteiger partial charge in [-0.05, 0) is 63.2 Å². The smallest absolute Gasteiger partial charge is 0.416 e. The highest BCUT2D eigenvalue weighted by Crippen LogP contribution is 2.32. The number of rotatable bonds is 5. The average molecular weight is 379 g/mol. The van der Waals surface area contributed by atoms with Gasteiger partial charge in [0, 0.05) is 17.6 Å². The third kappa shape index (κ3) is 6.17. The molecule has 0 aromatic heterocycles. The van der Waals surface area contributed by atoms with Gasteiger partial charge in [0.05, 0.1) is 12.1 Å². The van der Waals surface area contributed by atoms with Crippen LogP contribution in [-0.4, -0.2) is 53.6 Å². The van der Waals surface area contributed by atoms with Crippen LogP contribution in [0.3, 0.4) is 0 Å². The van der Waals surface area contributed by atoms with Crippen LogP contribution in [0.1, 0.15) is 30.4 Å². The van der Waals surface area contributed by atoms with E-state index in [9.17, 15) is 18.0 Å². The Kier molecular flexibility index (Phi) is 6.71. The molecule has 1 aromatic carbocycles. The lowest BCUT2D eigenvalue weighted by Crippen LogP contribution is -2.36. The monoisotopic (exact) mass is 378 g/mol. The first-order valence-electron chi connectivity index (χ1n) is 8.16. The Morgan fingerprint density at radius 2 is 2.04 bits per heavy atom. The number of benzene rings is 1. The number of nitrogens with zero attached hydrogens (tertiary/aromatic N) is 2. The Morgan fingerprint density at radius 3 is 2.68 bits per heavy atom. The van der Waals surface area contributed by atoms with Crippen molar-refractivity contribution in [2.45, 2.75) is 38.0 Å². The zero-order valence-corrected chi connectivity index (χ0v) is 14.8. The molecule has 140 valence electrons. The lowest BCUT2D eigenvalue weighted by molar-refractivity contribution is -0.139. The molecule has 1 N–H and O–H groups in total. The summed E-state index contributed by atoms with van der Waals surface area (Å²) in [5, 5.41) is 8.98. The zero-order chi connectivity index (χ0) is 18.6. The average Bonchev–Trinajstić information content (AvgIpc) is 2.70. The highest BCUT2D eigenvalue weighted by Gasteiger charge is 2.31. The van der Waals surface area contributed by atoms with Gasteiger partial charge in [0.15, 0.2) is 0 Å². The Bertz CT molecular complexity index is 610. The van der Waals surface area contributed by atoms with E-state index < -0.39 is 17.7 Å². The van der Waals surface area contributed by atoms with E-state index in [-0.39, 0.29) is 17.6 Å². The van der Waals surface area contributed by atoms with E-state index in [0.717, 1.165) is 37.9 Å². The van der Waals surface area contributed by atoms with Gasteiger partial charge in [0.2, 0.25) is 0 Å². The summed E-state index contributed by atoms with van der Waals surface area (Å²) >= 11 is 5.84. The summed E-state index contributed by atoms with van der Waals surface area (Å²) in [5.74, 6) is -0.859. The number of likely N-dealkylation sites (tertiary alicyclic amines) is 1. The van der Waals surface area contributed by atoms with E-state index in [4.69, 9.17) is 16.7 Å². The number of carboxylic acid groups (broad SMARTS) is 1. The topological polar surface area (TPSA) is 43.8 Å². The summed E-state index contributed by atoms with van der Waals surface area (Å²) in [6.45, 7) is 1.88. The minimum atomic E-state index is -4.41. The van der Waals surface area contributed by atoms with Gasteiger partial charge < -0.3 is 5.11 Å². The number of halogens is 4. The van der Waals surface area contributed by atoms with Crippen molar-refractivity contribution in [3.8, 4) is 0 Å². The second-order valence-electron chi connectivity index (χ2n) is 6.52. The molecule has 1 atom stereocenters. The van der Waals surface area contributed by atoms with Crippen LogP contribution in [-0.2, 0) is 17.5 Å². The molecule has 1 aliphatic heterocycles. The molecule has 8 heteroatoms. The normalized spacial score (nSPS) is 19.8. The highest BCUT2D eigenvalue weighted by molar-refractivity contribution is 6.30. The predicted molar refractivity (Wildman–Crippen MR) is 89.6 cm³/mol. The molecule has 2 rings (SSSR count). The molecule has 0 saturated carbocycles. The fourth-order valence-corrected chi connectivity index (χ4v) is 3.50. The lowest BCUT2D eigenvalue weighted by Gasteiger charge is -2.25. The van der Waals surface area contributed by atoms with Crippen LogP contribution in [0.25, 0.3) is 0 Å². The van der Waals surface area contributed by atoms with E-state index in [2.05, 4.69) is 4.90 Å². The van der Waals surface area contributed by atoms with Crippen LogP contribution in [0.5, 0.6) is 0 Å². The van der Waals surface area contributed by atoms with Crippen LogP contribution in [0, 0.1) is 0 Å². The van der Waals surface area contributed by atoms with Gasteiger partial charge in [-0.15, -0.1) is 0 Å². The Labute approximate surface area is 150 Å². The van der Waals surface area contributed by atoms with Crippen LogP contribution in [0.2, 0.25) is 5.02 Å². The number of hydrogen-bond donors (Lipinski definition) is 1. The van der Waals surface area contributed by atoms with E-state index in [0.29, 0.717) is 18.7 Å². The Balaban J connectivity index is 2.00. The third-order valence-electron chi connectivity index (χ3n) is 4.49. The van der Waals surface area contributed by atoms with Gasteiger partial charge in [-0.1, -0.05) is 11.6 Å². The molecule has 0 radical (unpaired) electrons. The number of likely N-dealkylation sites (N-methyl/N-ethyl adjacent to an activating group) is 1. The van der Waals surface area contributed by atoms with Crippen molar-refractivity contribution in [3.63, 3.8) is 0 Å². The van der Waals surface area contributed by atoms with Gasteiger partial charge in [-0.25, -0.2) is 0 Å². The van der Waals surface area contributed by atoms with Gasteiger partial charge in [-0.2, -0.15) is 13.2 Å². The predicted octanol–water partition coefficient (Wildman–Crippen LogP) is 3.73. The molecular weight excluding hydrogens is 357 g/mol. The number of carbonyl (C=O) groups is 1. The van der Waals surface area contributed by atoms with Gasteiger partial charge in [0.25, 0.3) is 0 Å². The van der Waals surface area contributed by atoms with Crippen LogP contribution < -0.4 is 0 Å². The third-order valence-corrected chi connectivity index (χ3v) is 4.71. The van der Waals surface area contributed by atoms with Crippen molar-refractivity contribution in [2.75, 3.05) is 26.7 Å². The fraction of sp³-hybridized carbons (Fsp3) is 0.588. The summed E-state index contributed by atoms with van der Waals surface area (Å²) in [6, 6.07) is 3.82. The second-order valence-corrected chi connectivity index (χ2v) is 6.95. The van der Waals surface area contributed by atoms with Crippen LogP contribution in [0.4, 0.5) is 13.2 Å². The van der Waals surface area contributed by atoms with E-state index >= 15 is 0 Å². The molecule has 4 nitrogen and oxygen atoms in total. The molecule has 0 spiro atoms. The van der Waals surface area contributed by atoms with E-state index in [1.54, 1.807) is 13.1 Å². The van der Waals surface area contributed by atoms with Crippen molar-refractivity contribution >= 4 is 17.6 Å². The van der Waals surface area contributed by atoms with Gasteiger partial charge >= 0.3 is 12.1 Å². The van der Waals surface area contributed by atoms with Crippen LogP contribution in [0.15, 0.2) is 18.2 Å². The molecule has 0 aliphatic carbocycles. The maximum Gasteiger partial charge on any atom is 0.416 e. The summed E-state index contributed by atoms with van der Waals surface area (Å²) in [6.07, 6.45) is -1.87. The zero-order valence-electron chi connectivity index (χ0n) is 14.0. The molecule has 1 aliphatic rings. The summed E-state index contributed by atoms with van der Waals surface area (Å²) in [7, 11) is 1.79. The number of carboxylic acids is 1. The van der Waals surface area contributed by atoms with Crippen molar-refractivity contribution in [2.24, 2.45) is 0 Å². The molecule has 1 heterocycles. The standard InChI is InChI=1S/C17H22ClF3N2O2/c1-22(11-16(24)25)15-3-2-5-23(6-4-15)10-12-7-13(17(19,20)21)9-14(18)8-12/h7-9,15H,2-6,10-11H2,1H3,(H,24,25). The first kappa shape index (κ1) is 20.0. The first-order chi connectivity index (χ1) is 11.6. The highest BCUT2D eigenvalue weighted by atomic mass is 35.5. The molecule has 0 bridgehead atoms. The van der Waals surface area contributed by atoms with E-state index in [1.165, 1.54) is 0 Å². The molecular formula is C17H22ClF3N2O2. The minimum Gasteiger partial charge on any atom is -0.480 e. The summed E-state index contributed by atoms with van der Waals surface area (Å²) < 4.78 is 38.7. The molecule has 1 saturated heterocycles. The first-order valence-corrected chi connectivity index (χ1v) is 8.54. The number of aliphatic carboxylic acids is 1. The molecule has 0 amide bonds. The quantitative estimate of drug-likeness (QED) is 0.848. The van der Waals surface area contributed by atoms with Crippen molar-refractivity contribution in [1.29, 1.82) is 0 Å². The van der Waals surface area contributed by atoms with Gasteiger partial charge in [-0.3, -0.25) is 14.6 Å². The Hall–Kier alpha value is -1.31. The van der Waals surface area contributed by atoms with Crippen molar-refractivity contribution in [1.82, 2.24) is 9.80 Å². The fourth-order valence-electron chi connectivity index (χ4n) is 3.24. The Morgan fingerprint density at radius 1 is 1.32 bits per heavy atom. The minimum absolute atomic E-state index is 0.00605. The molecule has 1 unspecified atom stereocenters. The maximum atomic E-state index is 12.9. The number of hydrogen-bond acceptors (Lipinski definition) is 3. The second kappa shape index (κ2) is 8.38. The van der Waals surface area contributed by atoms with E-state index in [1.807, 2.05) is 4.90 Å². The maximum absolute atomic E-state index is 12.9. The lowest BCUT2D eigenvalue weighted by atomic mass is 10.1. The molecule has 1 aromatic rings. The van der Waals surface area contributed by atoms with Crippen molar-refractivity contribution in [3.05, 3.63) is 34.3 Å². The SMILES string of the molecule is CN(CC(=O)O)C1CCCN(Cc2cc(Cl)cc(C(F)(F)F)c2)CC1. The van der Waals surface area contributed by atoms with Crippen molar-refractivity contribution < 1.29 is 23.1 Å². The summed E-state index contributed by atoms with van der Waals surface area (Å²) in [4.78, 5) is 14.8. The summed E-state index contributed by atoms with van der Waals surface area (Å²) in [5.41, 5.74) is -0.193. The largest absolute Gasteiger partial charge is 0.480 e. The van der Waals surface area contributed by atoms with Gasteiger partial charge in [0.1, 0.15) is 0 Å².